The van der Waals surface area contributed by atoms with Gasteiger partial charge in [0.25, 0.3) is 0 Å². The molecule has 144 valence electrons. The molecule has 0 radical (unpaired) electrons. The van der Waals surface area contributed by atoms with Crippen LogP contribution in [0.1, 0.15) is 49.9 Å². The van der Waals surface area contributed by atoms with E-state index in [9.17, 15) is 9.59 Å². The smallest absolute Gasteiger partial charge is 0.150 e. The Morgan fingerprint density at radius 3 is 2.37 bits per heavy atom. The zero-order valence-electron chi connectivity index (χ0n) is 16.4. The van der Waals surface area contributed by atoms with Crippen molar-refractivity contribution in [3.8, 4) is 16.9 Å². The number of carbonyl (C=O) groups excluding carboxylic acids is 2. The molecule has 1 atom stereocenters. The van der Waals surface area contributed by atoms with Crippen molar-refractivity contribution in [1.29, 1.82) is 0 Å². The molecular weight excluding hydrogens is 356 g/mol. The largest absolute Gasteiger partial charge is 0.497 e. The maximum absolute atomic E-state index is 11.8. The number of aldehydes is 2. The second-order valence-corrected chi connectivity index (χ2v) is 7.85. The molecule has 1 unspecified atom stereocenters. The molecule has 0 amide bonds. The van der Waals surface area contributed by atoms with Gasteiger partial charge in [-0.2, -0.15) is 0 Å². The first kappa shape index (κ1) is 21.2. The van der Waals surface area contributed by atoms with Crippen LogP contribution in [-0.2, 0) is 4.79 Å². The molecule has 0 spiro atoms. The van der Waals surface area contributed by atoms with Crippen molar-refractivity contribution in [1.82, 2.24) is 0 Å². The predicted molar refractivity (Wildman–Crippen MR) is 113 cm³/mol. The fourth-order valence-corrected chi connectivity index (χ4v) is 4.36. The van der Waals surface area contributed by atoms with E-state index < -0.39 is 0 Å². The lowest BCUT2D eigenvalue weighted by atomic mass is 9.84. The molecule has 0 aromatic heterocycles. The van der Waals surface area contributed by atoms with Crippen molar-refractivity contribution < 1.29 is 14.3 Å². The molecule has 0 N–H and O–H groups in total. The number of carbonyl (C=O) groups is 2. The Bertz CT molecular complexity index is 755. The topological polar surface area (TPSA) is 43.4 Å². The Morgan fingerprint density at radius 1 is 1.07 bits per heavy atom. The van der Waals surface area contributed by atoms with Gasteiger partial charge in [-0.1, -0.05) is 51.0 Å². The van der Waals surface area contributed by atoms with Gasteiger partial charge in [-0.25, -0.2) is 0 Å². The third-order valence-corrected chi connectivity index (χ3v) is 6.43. The van der Waals surface area contributed by atoms with Crippen LogP contribution >= 0.6 is 11.8 Å². The van der Waals surface area contributed by atoms with E-state index in [2.05, 4.69) is 19.9 Å². The minimum absolute atomic E-state index is 0.279. The van der Waals surface area contributed by atoms with Crippen molar-refractivity contribution >= 4 is 24.3 Å². The van der Waals surface area contributed by atoms with Gasteiger partial charge in [-0.15, -0.1) is 11.8 Å². The van der Waals surface area contributed by atoms with Crippen molar-refractivity contribution in [3.63, 3.8) is 0 Å². The summed E-state index contributed by atoms with van der Waals surface area (Å²) in [5.74, 6) is 1.55. The van der Waals surface area contributed by atoms with E-state index in [0.29, 0.717) is 5.56 Å². The van der Waals surface area contributed by atoms with E-state index in [-0.39, 0.29) is 5.41 Å². The fourth-order valence-electron chi connectivity index (χ4n) is 3.01. The van der Waals surface area contributed by atoms with Crippen LogP contribution in [0.2, 0.25) is 0 Å². The summed E-state index contributed by atoms with van der Waals surface area (Å²) < 4.78 is 5.40. The molecular formula is C23H28O3S. The molecule has 3 nitrogen and oxygen atoms in total. The molecule has 27 heavy (non-hydrogen) atoms. The third-order valence-electron chi connectivity index (χ3n) is 5.04. The van der Waals surface area contributed by atoms with Crippen molar-refractivity contribution in [2.45, 2.75) is 44.4 Å². The van der Waals surface area contributed by atoms with E-state index in [1.807, 2.05) is 36.4 Å². The highest BCUT2D eigenvalue weighted by Gasteiger charge is 2.27. The average Bonchev–Trinajstić information content (AvgIpc) is 2.74. The van der Waals surface area contributed by atoms with Crippen LogP contribution in [0.25, 0.3) is 11.1 Å². The lowest BCUT2D eigenvalue weighted by Crippen LogP contribution is -2.24. The minimum Gasteiger partial charge on any atom is -0.497 e. The highest BCUT2D eigenvalue weighted by atomic mass is 32.2. The second kappa shape index (κ2) is 10.3. The number of hydrogen-bond acceptors (Lipinski definition) is 4. The Kier molecular flexibility index (Phi) is 8.11. The molecule has 0 saturated heterocycles. The van der Waals surface area contributed by atoms with Gasteiger partial charge >= 0.3 is 0 Å². The molecule has 0 aliphatic heterocycles. The van der Waals surface area contributed by atoms with Crippen LogP contribution in [0.3, 0.4) is 0 Å². The van der Waals surface area contributed by atoms with Gasteiger partial charge in [0.1, 0.15) is 18.3 Å². The lowest BCUT2D eigenvalue weighted by Gasteiger charge is -2.26. The normalized spacial score (nSPS) is 13.0. The standard InChI is InChI=1S/C23H28O3S/c1-4-6-13-23(5-2,16-25)17-27-22-12-11-20(26-3)14-21(22)19-9-7-18(15-24)8-10-19/h7-12,14-16H,4-6,13,17H2,1-3H3. The summed E-state index contributed by atoms with van der Waals surface area (Å²) in [7, 11) is 1.65. The summed E-state index contributed by atoms with van der Waals surface area (Å²) in [4.78, 5) is 23.9. The number of thioether (sulfide) groups is 1. The van der Waals surface area contributed by atoms with Crippen molar-refractivity contribution in [2.75, 3.05) is 12.9 Å². The molecule has 0 aliphatic rings. The second-order valence-electron chi connectivity index (χ2n) is 6.83. The van der Waals surface area contributed by atoms with Gasteiger partial charge in [0.2, 0.25) is 0 Å². The summed E-state index contributed by atoms with van der Waals surface area (Å²) in [6.45, 7) is 4.25. The summed E-state index contributed by atoms with van der Waals surface area (Å²) in [5, 5.41) is 0. The van der Waals surface area contributed by atoms with Crippen LogP contribution in [-0.4, -0.2) is 25.4 Å². The monoisotopic (exact) mass is 384 g/mol. The number of methoxy groups -OCH3 is 1. The highest BCUT2D eigenvalue weighted by Crippen LogP contribution is 2.39. The molecule has 2 rings (SSSR count). The number of benzene rings is 2. The molecule has 4 heteroatoms. The van der Waals surface area contributed by atoms with Gasteiger partial charge in [-0.3, -0.25) is 4.79 Å². The molecule has 2 aromatic rings. The zero-order chi connectivity index (χ0) is 19.7. The Morgan fingerprint density at radius 2 is 1.81 bits per heavy atom. The quantitative estimate of drug-likeness (QED) is 0.349. The van der Waals surface area contributed by atoms with E-state index in [1.165, 1.54) is 0 Å². The number of rotatable bonds is 11. The van der Waals surface area contributed by atoms with Crippen LogP contribution in [0.4, 0.5) is 0 Å². The minimum atomic E-state index is -0.279. The van der Waals surface area contributed by atoms with E-state index in [4.69, 9.17) is 4.74 Å². The fraction of sp³-hybridized carbons (Fsp3) is 0.391. The predicted octanol–water partition coefficient (Wildman–Crippen LogP) is 6.05. The third kappa shape index (κ3) is 5.46. The first-order valence-electron chi connectivity index (χ1n) is 9.44. The average molecular weight is 385 g/mol. The number of unbranched alkanes of at least 4 members (excludes halogenated alkanes) is 1. The highest BCUT2D eigenvalue weighted by molar-refractivity contribution is 7.99. The van der Waals surface area contributed by atoms with E-state index in [0.717, 1.165) is 65.8 Å². The van der Waals surface area contributed by atoms with Gasteiger partial charge in [0, 0.05) is 21.6 Å². The van der Waals surface area contributed by atoms with Gasteiger partial charge in [0.05, 0.1) is 7.11 Å². The summed E-state index contributed by atoms with van der Waals surface area (Å²) in [6, 6.07) is 13.6. The molecule has 0 fully saturated rings. The molecule has 0 heterocycles. The molecule has 2 aromatic carbocycles. The number of hydrogen-bond donors (Lipinski definition) is 0. The lowest BCUT2D eigenvalue weighted by molar-refractivity contribution is -0.115. The summed E-state index contributed by atoms with van der Waals surface area (Å²) in [5.41, 5.74) is 2.47. The van der Waals surface area contributed by atoms with Crippen LogP contribution in [0.5, 0.6) is 5.75 Å². The first-order chi connectivity index (χ1) is 13.1. The summed E-state index contributed by atoms with van der Waals surface area (Å²) in [6.07, 6.45) is 5.93. The molecule has 0 bridgehead atoms. The van der Waals surface area contributed by atoms with Crippen molar-refractivity contribution in [2.24, 2.45) is 5.41 Å². The zero-order valence-corrected chi connectivity index (χ0v) is 17.2. The van der Waals surface area contributed by atoms with Gasteiger partial charge < -0.3 is 9.53 Å². The van der Waals surface area contributed by atoms with Crippen LogP contribution in [0, 0.1) is 5.41 Å². The Balaban J connectivity index is 2.32. The molecule has 0 saturated carbocycles. The number of ether oxygens (including phenoxy) is 1. The molecule has 0 aliphatic carbocycles. The Labute approximate surface area is 166 Å². The Hall–Kier alpha value is -2.07. The maximum Gasteiger partial charge on any atom is 0.150 e. The van der Waals surface area contributed by atoms with E-state index in [1.54, 1.807) is 18.9 Å². The summed E-state index contributed by atoms with van der Waals surface area (Å²) >= 11 is 1.72. The SMILES string of the molecule is CCCCC(C=O)(CC)CSc1ccc(OC)cc1-c1ccc(C=O)cc1. The van der Waals surface area contributed by atoms with E-state index >= 15 is 0 Å². The first-order valence-corrected chi connectivity index (χ1v) is 10.4. The van der Waals surface area contributed by atoms with Gasteiger partial charge in [-0.05, 0) is 42.2 Å². The van der Waals surface area contributed by atoms with Gasteiger partial charge in [0.15, 0.2) is 0 Å². The van der Waals surface area contributed by atoms with Crippen LogP contribution in [0.15, 0.2) is 47.4 Å². The van der Waals surface area contributed by atoms with Crippen LogP contribution < -0.4 is 4.74 Å². The van der Waals surface area contributed by atoms with Crippen molar-refractivity contribution in [3.05, 3.63) is 48.0 Å². The maximum atomic E-state index is 11.8.